The normalized spacial score (nSPS) is 14.2. The first-order valence-electron chi connectivity index (χ1n) is 7.26. The lowest BCUT2D eigenvalue weighted by atomic mass is 10.0. The minimum Gasteiger partial charge on any atom is -0.465 e. The van der Waals surface area contributed by atoms with Gasteiger partial charge in [-0.2, -0.15) is 0 Å². The Morgan fingerprint density at radius 2 is 1.82 bits per heavy atom. The van der Waals surface area contributed by atoms with Crippen molar-refractivity contribution < 1.29 is 28.6 Å². The zero-order valence-corrected chi connectivity index (χ0v) is 14.3. The molecule has 1 aromatic carbocycles. The highest BCUT2D eigenvalue weighted by molar-refractivity contribution is 7.55. The lowest BCUT2D eigenvalue weighted by Crippen LogP contribution is -2.39. The summed E-state index contributed by atoms with van der Waals surface area (Å²) in [5.74, 6) is -0.430. The van der Waals surface area contributed by atoms with Crippen LogP contribution in [0.25, 0.3) is 0 Å². The lowest BCUT2D eigenvalue weighted by molar-refractivity contribution is -0.151. The van der Waals surface area contributed by atoms with E-state index in [9.17, 15) is 14.3 Å². The van der Waals surface area contributed by atoms with Crippen LogP contribution >= 0.6 is 7.60 Å². The van der Waals surface area contributed by atoms with Gasteiger partial charge in [0.2, 0.25) is 0 Å². The molecule has 0 saturated heterocycles. The maximum atomic E-state index is 12.6. The topological polar surface area (TPSA) is 82.1 Å². The summed E-state index contributed by atoms with van der Waals surface area (Å²) >= 11 is 0. The van der Waals surface area contributed by atoms with Crippen molar-refractivity contribution in [2.45, 2.75) is 45.7 Å². The second-order valence-electron chi connectivity index (χ2n) is 4.90. The number of benzene rings is 1. The van der Waals surface area contributed by atoms with E-state index < -0.39 is 18.7 Å². The highest BCUT2D eigenvalue weighted by Gasteiger charge is 2.55. The molecule has 7 heteroatoms. The van der Waals surface area contributed by atoms with Crippen molar-refractivity contribution in [1.82, 2.24) is 0 Å². The predicted molar refractivity (Wildman–Crippen MR) is 82.7 cm³/mol. The monoisotopic (exact) mass is 330 g/mol. The van der Waals surface area contributed by atoms with Gasteiger partial charge in [-0.05, 0) is 38.3 Å². The number of para-hydroxylation sites is 1. The molecule has 0 bridgehead atoms. The molecule has 0 aromatic heterocycles. The number of rotatable bonds is 8. The Kier molecular flexibility index (Phi) is 6.60. The van der Waals surface area contributed by atoms with Crippen LogP contribution in [0.2, 0.25) is 0 Å². The van der Waals surface area contributed by atoms with Gasteiger partial charge in [0.25, 0.3) is 0 Å². The zero-order valence-electron chi connectivity index (χ0n) is 13.4. The van der Waals surface area contributed by atoms with Crippen molar-refractivity contribution in [3.63, 3.8) is 0 Å². The molecule has 0 spiro atoms. The lowest BCUT2D eigenvalue weighted by Gasteiger charge is -2.31. The van der Waals surface area contributed by atoms with Crippen LogP contribution in [0.15, 0.2) is 24.3 Å². The summed E-state index contributed by atoms with van der Waals surface area (Å²) in [7, 11) is -4.40. The highest BCUT2D eigenvalue weighted by atomic mass is 31.2. The number of carbonyl (C=O) groups is 1. The molecule has 1 rings (SSSR count). The first-order chi connectivity index (χ1) is 10.3. The Morgan fingerprint density at radius 3 is 2.32 bits per heavy atom. The quantitative estimate of drug-likeness (QED) is 0.339. The van der Waals surface area contributed by atoms with Crippen LogP contribution in [0.4, 0.5) is 0 Å². The number of esters is 1. The summed E-state index contributed by atoms with van der Waals surface area (Å²) in [5, 5.41) is -1.63. The van der Waals surface area contributed by atoms with Crippen LogP contribution in [-0.4, -0.2) is 22.6 Å². The Bertz CT molecular complexity index is 553. The van der Waals surface area contributed by atoms with E-state index >= 15 is 0 Å². The van der Waals surface area contributed by atoms with Crippen LogP contribution in [0.1, 0.15) is 39.2 Å². The van der Waals surface area contributed by atoms with E-state index in [1.165, 1.54) is 0 Å². The molecular weight excluding hydrogens is 307 g/mol. The molecule has 6 nitrogen and oxygen atoms in total. The number of ether oxygens (including phenoxy) is 1. The van der Waals surface area contributed by atoms with E-state index in [-0.39, 0.29) is 19.4 Å². The van der Waals surface area contributed by atoms with Crippen molar-refractivity contribution in [2.24, 2.45) is 0 Å². The molecule has 1 unspecified atom stereocenters. The third-order valence-electron chi connectivity index (χ3n) is 3.69. The fraction of sp³-hybridized carbons (Fsp3) is 0.533. The third kappa shape index (κ3) is 3.69. The Morgan fingerprint density at radius 1 is 1.23 bits per heavy atom. The molecule has 1 aromatic rings. The Balaban J connectivity index is 3.00. The molecule has 0 saturated carbocycles. The van der Waals surface area contributed by atoms with E-state index in [1.807, 2.05) is 6.07 Å². The third-order valence-corrected chi connectivity index (χ3v) is 5.86. The van der Waals surface area contributed by atoms with Gasteiger partial charge in [-0.25, -0.2) is 0 Å². The largest absolute Gasteiger partial charge is 0.465 e. The van der Waals surface area contributed by atoms with Gasteiger partial charge in [0.15, 0.2) is 10.9 Å². The summed E-state index contributed by atoms with van der Waals surface area (Å²) in [6.07, 6.45) is 0.209. The van der Waals surface area contributed by atoms with Crippen LogP contribution in [0.5, 0.6) is 5.75 Å². The van der Waals surface area contributed by atoms with Gasteiger partial charge in [-0.15, -0.1) is 0 Å². The number of aryl methyl sites for hydroxylation is 1. The van der Waals surface area contributed by atoms with Gasteiger partial charge in [0, 0.05) is 0 Å². The maximum Gasteiger partial charge on any atom is 0.383 e. The summed E-state index contributed by atoms with van der Waals surface area (Å²) in [5.41, 5.74) is 0.747. The maximum absolute atomic E-state index is 12.6. The molecular formula is C15H23O6P. The number of hydrogen-bond acceptors (Lipinski definition) is 5. The van der Waals surface area contributed by atoms with Crippen molar-refractivity contribution in [1.29, 1.82) is 0 Å². The summed E-state index contributed by atoms with van der Waals surface area (Å²) in [6.45, 7) is 6.82. The average molecular weight is 330 g/mol. The molecule has 0 fully saturated rings. The molecule has 0 aliphatic carbocycles. The fourth-order valence-electron chi connectivity index (χ4n) is 2.13. The molecule has 0 radical (unpaired) electrons. The summed E-state index contributed by atoms with van der Waals surface area (Å²) in [4.78, 5) is 27.5. The Hall–Kier alpha value is -1.36. The van der Waals surface area contributed by atoms with Crippen LogP contribution in [0, 0.1) is 6.92 Å². The smallest absolute Gasteiger partial charge is 0.383 e. The van der Waals surface area contributed by atoms with Crippen LogP contribution in [-0.2, 0) is 18.8 Å². The van der Waals surface area contributed by atoms with E-state index in [2.05, 4.69) is 0 Å². The first kappa shape index (κ1) is 18.7. The number of hydrogen-bond donors (Lipinski definition) is 1. The van der Waals surface area contributed by atoms with Crippen molar-refractivity contribution in [3.8, 4) is 5.75 Å². The minimum atomic E-state index is -4.40. The first-order valence-corrected chi connectivity index (χ1v) is 8.84. The molecule has 124 valence electrons. The minimum absolute atomic E-state index is 0.104. The van der Waals surface area contributed by atoms with Crippen molar-refractivity contribution >= 4 is 13.6 Å². The second-order valence-corrected chi connectivity index (χ2v) is 6.95. The van der Waals surface area contributed by atoms with Crippen molar-refractivity contribution in [3.05, 3.63) is 29.8 Å². The van der Waals surface area contributed by atoms with E-state index in [1.54, 1.807) is 45.9 Å². The summed E-state index contributed by atoms with van der Waals surface area (Å²) < 4.78 is 22.4. The zero-order chi connectivity index (χ0) is 16.8. The second kappa shape index (κ2) is 7.77. The SMILES string of the molecule is CCOC(=O)C(CC)(CC)P(=O)(O)OOc1ccccc1C. The molecule has 0 amide bonds. The van der Waals surface area contributed by atoms with Gasteiger partial charge < -0.3 is 14.5 Å². The van der Waals surface area contributed by atoms with E-state index in [0.29, 0.717) is 5.75 Å². The van der Waals surface area contributed by atoms with Crippen molar-refractivity contribution in [2.75, 3.05) is 6.61 Å². The molecule has 0 aliphatic rings. The Labute approximate surface area is 130 Å². The standard InChI is InChI=1S/C15H23O6P/c1-5-15(6-2,14(16)19-7-3)22(17,18)21-20-13-11-9-8-10-12(13)4/h8-11H,5-7H2,1-4H3,(H,17,18). The fourth-order valence-corrected chi connectivity index (χ4v) is 3.55. The van der Waals surface area contributed by atoms with Crippen LogP contribution in [0.3, 0.4) is 0 Å². The molecule has 0 aliphatic heterocycles. The average Bonchev–Trinajstić information content (AvgIpc) is 2.48. The van der Waals surface area contributed by atoms with E-state index in [0.717, 1.165) is 5.56 Å². The van der Waals surface area contributed by atoms with E-state index in [4.69, 9.17) is 14.3 Å². The van der Waals surface area contributed by atoms with Gasteiger partial charge in [0.1, 0.15) is 0 Å². The highest BCUT2D eigenvalue weighted by Crippen LogP contribution is 2.59. The molecule has 1 N–H and O–H groups in total. The van der Waals surface area contributed by atoms with Gasteiger partial charge >= 0.3 is 13.6 Å². The molecule has 0 heterocycles. The number of carbonyl (C=O) groups excluding carboxylic acids is 1. The summed E-state index contributed by atoms with van der Waals surface area (Å²) in [6, 6.07) is 6.91. The predicted octanol–water partition coefficient (Wildman–Crippen LogP) is 3.61. The molecule has 1 atom stereocenters. The van der Waals surface area contributed by atoms with Gasteiger partial charge in [-0.3, -0.25) is 9.36 Å². The van der Waals surface area contributed by atoms with Crippen LogP contribution < -0.4 is 4.89 Å². The molecule has 22 heavy (non-hydrogen) atoms. The van der Waals surface area contributed by atoms with Gasteiger partial charge in [0.05, 0.1) is 6.61 Å². The van der Waals surface area contributed by atoms with Gasteiger partial charge in [-0.1, -0.05) is 36.7 Å².